The number of nitrogens with two attached hydrogens (primary N) is 1. The van der Waals surface area contributed by atoms with E-state index in [4.69, 9.17) is 31.5 Å². The van der Waals surface area contributed by atoms with E-state index in [1.807, 2.05) is 66.7 Å². The third kappa shape index (κ3) is 8.91. The van der Waals surface area contributed by atoms with Gasteiger partial charge in [-0.3, -0.25) is 10.1 Å². The number of nitro groups is 1. The molecule has 5 rings (SSSR count). The van der Waals surface area contributed by atoms with Gasteiger partial charge in [0.05, 0.1) is 16.7 Å². The number of aromatic hydroxyl groups is 1. The van der Waals surface area contributed by atoms with E-state index in [0.717, 1.165) is 11.1 Å². The van der Waals surface area contributed by atoms with E-state index >= 15 is 0 Å². The number of nitrogens with zero attached hydrogens (tertiary/aromatic N) is 1. The molecule has 5 aromatic carbocycles. The molecule has 8 nitrogen and oxygen atoms in total. The first-order chi connectivity index (χ1) is 19.9. The monoisotopic (exact) mass is 570 g/mol. The summed E-state index contributed by atoms with van der Waals surface area (Å²) < 4.78 is 16.9. The van der Waals surface area contributed by atoms with Crippen molar-refractivity contribution in [3.63, 3.8) is 0 Å². The number of anilines is 1. The maximum absolute atomic E-state index is 10.7. The molecular weight excluding hydrogens is 544 g/mol. The van der Waals surface area contributed by atoms with Crippen molar-refractivity contribution in [1.29, 1.82) is 0 Å². The van der Waals surface area contributed by atoms with E-state index in [1.54, 1.807) is 42.5 Å². The van der Waals surface area contributed by atoms with Gasteiger partial charge in [0.25, 0.3) is 5.69 Å². The van der Waals surface area contributed by atoms with Crippen molar-refractivity contribution in [2.75, 3.05) is 5.73 Å². The molecular formula is C32H27ClN2O6. The van der Waals surface area contributed by atoms with Crippen molar-refractivity contribution in [1.82, 2.24) is 0 Å². The molecule has 0 atom stereocenters. The molecule has 0 heterocycles. The van der Waals surface area contributed by atoms with Crippen LogP contribution in [0.4, 0.5) is 11.4 Å². The highest BCUT2D eigenvalue weighted by Gasteiger charge is 2.13. The summed E-state index contributed by atoms with van der Waals surface area (Å²) in [7, 11) is 0. The Kier molecular flexibility index (Phi) is 10.0. The molecule has 0 unspecified atom stereocenters. The quantitative estimate of drug-likeness (QED) is 0.104. The molecule has 0 fully saturated rings. The van der Waals surface area contributed by atoms with Crippen LogP contribution in [-0.4, -0.2) is 10.0 Å². The van der Waals surface area contributed by atoms with Crippen molar-refractivity contribution in [3.8, 4) is 28.7 Å². The summed E-state index contributed by atoms with van der Waals surface area (Å²) in [6.45, 7) is 0.845. The van der Waals surface area contributed by atoms with E-state index in [0.29, 0.717) is 41.9 Å². The van der Waals surface area contributed by atoms with Gasteiger partial charge in [0.15, 0.2) is 5.75 Å². The Hall–Kier alpha value is -5.21. The SMILES string of the molecule is Nc1cc(OCc2ccccc2)ccc1Oc1ccc(O)cc1.O=[N+]([O-])c1cc(OCc2ccccc2)ccc1Cl. The summed E-state index contributed by atoms with van der Waals surface area (Å²) in [6, 6.07) is 35.7. The summed E-state index contributed by atoms with van der Waals surface area (Å²) in [5, 5.41) is 20.1. The first kappa shape index (κ1) is 28.8. The predicted octanol–water partition coefficient (Wildman–Crippen LogP) is 8.17. The van der Waals surface area contributed by atoms with Crippen LogP contribution in [0.1, 0.15) is 11.1 Å². The second-order valence-electron chi connectivity index (χ2n) is 8.71. The van der Waals surface area contributed by atoms with Crippen molar-refractivity contribution in [2.24, 2.45) is 0 Å². The highest BCUT2D eigenvalue weighted by molar-refractivity contribution is 6.32. The van der Waals surface area contributed by atoms with Crippen LogP contribution in [0, 0.1) is 10.1 Å². The lowest BCUT2D eigenvalue weighted by molar-refractivity contribution is -0.384. The van der Waals surface area contributed by atoms with E-state index in [2.05, 4.69) is 0 Å². The fraction of sp³-hybridized carbons (Fsp3) is 0.0625. The van der Waals surface area contributed by atoms with Gasteiger partial charge in [-0.25, -0.2) is 0 Å². The number of hydrogen-bond donors (Lipinski definition) is 2. The molecule has 0 spiro atoms. The van der Waals surface area contributed by atoms with Crippen LogP contribution in [0.3, 0.4) is 0 Å². The minimum Gasteiger partial charge on any atom is -0.508 e. The summed E-state index contributed by atoms with van der Waals surface area (Å²) in [6.07, 6.45) is 0. The average Bonchev–Trinajstić information content (AvgIpc) is 2.99. The second kappa shape index (κ2) is 14.3. The lowest BCUT2D eigenvalue weighted by Gasteiger charge is -2.11. The number of phenolic OH excluding ortho intramolecular Hbond substituents is 1. The minimum absolute atomic E-state index is 0.104. The zero-order valence-electron chi connectivity index (χ0n) is 21.9. The van der Waals surface area contributed by atoms with E-state index in [1.165, 1.54) is 12.1 Å². The van der Waals surface area contributed by atoms with Crippen LogP contribution in [-0.2, 0) is 13.2 Å². The van der Waals surface area contributed by atoms with Gasteiger partial charge >= 0.3 is 0 Å². The predicted molar refractivity (Wildman–Crippen MR) is 159 cm³/mol. The third-order valence-electron chi connectivity index (χ3n) is 5.66. The lowest BCUT2D eigenvalue weighted by atomic mass is 10.2. The molecule has 0 saturated carbocycles. The van der Waals surface area contributed by atoms with Crippen molar-refractivity contribution in [3.05, 3.63) is 148 Å². The van der Waals surface area contributed by atoms with Crippen LogP contribution < -0.4 is 19.9 Å². The molecule has 3 N–H and O–H groups in total. The van der Waals surface area contributed by atoms with Crippen molar-refractivity contribution in [2.45, 2.75) is 13.2 Å². The standard InChI is InChI=1S/C19H17NO3.C13H10ClNO3/c20-18-12-17(22-13-14-4-2-1-3-5-14)10-11-19(18)23-16-8-6-15(21)7-9-16;14-12-7-6-11(8-13(12)15(16)17)18-9-10-4-2-1-3-5-10/h1-12,21H,13,20H2;1-8H,9H2. The Morgan fingerprint density at radius 3 is 1.76 bits per heavy atom. The van der Waals surface area contributed by atoms with Crippen LogP contribution >= 0.6 is 11.6 Å². The average molecular weight is 571 g/mol. The molecule has 0 aliphatic rings. The van der Waals surface area contributed by atoms with E-state index in [9.17, 15) is 15.2 Å². The van der Waals surface area contributed by atoms with E-state index < -0.39 is 4.92 Å². The number of rotatable bonds is 9. The Morgan fingerprint density at radius 1 is 0.707 bits per heavy atom. The molecule has 9 heteroatoms. The summed E-state index contributed by atoms with van der Waals surface area (Å²) >= 11 is 5.71. The summed E-state index contributed by atoms with van der Waals surface area (Å²) in [5.41, 5.74) is 8.44. The van der Waals surface area contributed by atoms with Crippen LogP contribution in [0.5, 0.6) is 28.7 Å². The topological polar surface area (TPSA) is 117 Å². The number of nitro benzene ring substituents is 1. The molecule has 0 amide bonds. The Morgan fingerprint density at radius 2 is 1.22 bits per heavy atom. The van der Waals surface area contributed by atoms with E-state index in [-0.39, 0.29) is 16.5 Å². The molecule has 208 valence electrons. The van der Waals surface area contributed by atoms with Gasteiger partial charge in [-0.2, -0.15) is 0 Å². The maximum Gasteiger partial charge on any atom is 0.291 e. The van der Waals surface area contributed by atoms with Gasteiger partial charge in [0.1, 0.15) is 41.2 Å². The van der Waals surface area contributed by atoms with Gasteiger partial charge < -0.3 is 25.1 Å². The molecule has 41 heavy (non-hydrogen) atoms. The van der Waals surface area contributed by atoms with Gasteiger partial charge in [0.2, 0.25) is 0 Å². The minimum atomic E-state index is -0.530. The number of halogens is 1. The number of hydrogen-bond acceptors (Lipinski definition) is 7. The molecule has 0 aliphatic carbocycles. The molecule has 5 aromatic rings. The Bertz CT molecular complexity index is 1570. The fourth-order valence-electron chi connectivity index (χ4n) is 3.55. The number of phenols is 1. The number of benzene rings is 5. The molecule has 0 aliphatic heterocycles. The highest BCUT2D eigenvalue weighted by Crippen LogP contribution is 2.32. The van der Waals surface area contributed by atoms with Gasteiger partial charge in [-0.1, -0.05) is 72.3 Å². The molecule has 0 aromatic heterocycles. The summed E-state index contributed by atoms with van der Waals surface area (Å²) in [4.78, 5) is 10.2. The van der Waals surface area contributed by atoms with Gasteiger partial charge in [-0.05, 0) is 59.7 Å². The number of nitrogen functional groups attached to an aromatic ring is 1. The van der Waals surface area contributed by atoms with Crippen molar-refractivity contribution < 1.29 is 24.2 Å². The number of ether oxygens (including phenoxy) is 3. The molecule has 0 bridgehead atoms. The van der Waals surface area contributed by atoms with Crippen LogP contribution in [0.25, 0.3) is 0 Å². The van der Waals surface area contributed by atoms with Crippen LogP contribution in [0.2, 0.25) is 5.02 Å². The second-order valence-corrected chi connectivity index (χ2v) is 9.12. The largest absolute Gasteiger partial charge is 0.508 e. The Labute approximate surface area is 242 Å². The van der Waals surface area contributed by atoms with Crippen LogP contribution in [0.15, 0.2) is 121 Å². The zero-order chi connectivity index (χ0) is 29.0. The first-order valence-electron chi connectivity index (χ1n) is 12.5. The fourth-order valence-corrected chi connectivity index (χ4v) is 3.74. The molecule has 0 saturated heterocycles. The smallest absolute Gasteiger partial charge is 0.291 e. The summed E-state index contributed by atoms with van der Waals surface area (Å²) in [5.74, 6) is 2.45. The zero-order valence-corrected chi connectivity index (χ0v) is 22.6. The van der Waals surface area contributed by atoms with Crippen molar-refractivity contribution >= 4 is 23.0 Å². The highest BCUT2D eigenvalue weighted by atomic mass is 35.5. The van der Waals surface area contributed by atoms with Gasteiger partial charge in [-0.15, -0.1) is 0 Å². The van der Waals surface area contributed by atoms with Gasteiger partial charge in [0, 0.05) is 6.07 Å². The third-order valence-corrected chi connectivity index (χ3v) is 5.98. The Balaban J connectivity index is 0.000000195. The first-order valence-corrected chi connectivity index (χ1v) is 12.9. The maximum atomic E-state index is 10.7. The normalized spacial score (nSPS) is 10.2. The lowest BCUT2D eigenvalue weighted by Crippen LogP contribution is -1.97. The molecule has 0 radical (unpaired) electrons.